The van der Waals surface area contributed by atoms with E-state index in [1.165, 1.54) is 5.56 Å². The minimum Gasteiger partial charge on any atom is -0.363 e. The maximum Gasteiger partial charge on any atom is 0.119 e. The predicted molar refractivity (Wildman–Crippen MR) is 127 cm³/mol. The van der Waals surface area contributed by atoms with E-state index in [4.69, 9.17) is 4.74 Å². The maximum absolute atomic E-state index is 9.71. The lowest BCUT2D eigenvalue weighted by molar-refractivity contribution is 0.0689. The lowest BCUT2D eigenvalue weighted by atomic mass is 9.93. The molecule has 1 aromatic heterocycles. The molecule has 1 aliphatic heterocycles. The number of hydrogen-bond acceptors (Lipinski definition) is 5. The van der Waals surface area contributed by atoms with Gasteiger partial charge in [0.15, 0.2) is 0 Å². The Kier molecular flexibility index (Phi) is 5.83. The molecule has 2 atom stereocenters. The number of ether oxygens (including phenoxy) is 1. The first-order valence-electron chi connectivity index (χ1n) is 10.6. The van der Waals surface area contributed by atoms with Gasteiger partial charge in [0.25, 0.3) is 0 Å². The van der Waals surface area contributed by atoms with Gasteiger partial charge >= 0.3 is 0 Å². The van der Waals surface area contributed by atoms with E-state index in [0.29, 0.717) is 18.2 Å². The molecule has 2 heterocycles. The van der Waals surface area contributed by atoms with Crippen LogP contribution >= 0.6 is 11.3 Å². The second-order valence-electron chi connectivity index (χ2n) is 8.03. The van der Waals surface area contributed by atoms with Gasteiger partial charge in [-0.25, -0.2) is 0 Å². The van der Waals surface area contributed by atoms with Gasteiger partial charge < -0.3 is 10.1 Å². The third kappa shape index (κ3) is 4.35. The minimum atomic E-state index is -0.247. The molecule has 0 bridgehead atoms. The highest BCUT2D eigenvalue weighted by atomic mass is 32.1. The molecule has 5 heteroatoms. The molecular formula is C27H23N3OS. The molecule has 158 valence electrons. The van der Waals surface area contributed by atoms with Gasteiger partial charge in [-0.2, -0.15) is 5.26 Å². The minimum absolute atomic E-state index is 0.247. The number of nitriles is 1. The lowest BCUT2D eigenvalue weighted by Gasteiger charge is -2.19. The van der Waals surface area contributed by atoms with Gasteiger partial charge in [-0.1, -0.05) is 54.6 Å². The summed E-state index contributed by atoms with van der Waals surface area (Å²) < 4.78 is 6.44. The molecule has 1 aliphatic rings. The summed E-state index contributed by atoms with van der Waals surface area (Å²) in [6.45, 7) is 3.63. The molecule has 0 aliphatic carbocycles. The van der Waals surface area contributed by atoms with Crippen molar-refractivity contribution in [2.75, 3.05) is 6.54 Å². The smallest absolute Gasteiger partial charge is 0.119 e. The fraction of sp³-hybridized carbons (Fsp3) is 0.185. The summed E-state index contributed by atoms with van der Waals surface area (Å²) in [4.78, 5) is 5.31. The van der Waals surface area contributed by atoms with Crippen LogP contribution in [-0.2, 0) is 11.3 Å². The molecule has 0 radical (unpaired) electrons. The Bertz CT molecular complexity index is 1260. The molecule has 1 fully saturated rings. The first-order chi connectivity index (χ1) is 15.7. The van der Waals surface area contributed by atoms with Crippen molar-refractivity contribution in [3.8, 4) is 17.2 Å². The van der Waals surface area contributed by atoms with Crippen molar-refractivity contribution in [2.45, 2.75) is 25.7 Å². The summed E-state index contributed by atoms with van der Waals surface area (Å²) in [6, 6.07) is 25.6. The first kappa shape index (κ1) is 20.6. The lowest BCUT2D eigenvalue weighted by Crippen LogP contribution is -2.06. The van der Waals surface area contributed by atoms with Gasteiger partial charge in [-0.3, -0.25) is 4.98 Å². The van der Waals surface area contributed by atoms with Crippen LogP contribution in [-0.4, -0.2) is 11.5 Å². The molecule has 0 saturated carbocycles. The van der Waals surface area contributed by atoms with Crippen LogP contribution in [0.25, 0.3) is 11.1 Å². The van der Waals surface area contributed by atoms with Gasteiger partial charge in [0.2, 0.25) is 0 Å². The fourth-order valence-electron chi connectivity index (χ4n) is 3.94. The van der Waals surface area contributed by atoms with Crippen molar-refractivity contribution >= 4 is 11.3 Å². The Morgan fingerprint density at radius 2 is 1.94 bits per heavy atom. The van der Waals surface area contributed by atoms with Crippen LogP contribution < -0.4 is 5.32 Å². The molecule has 4 aromatic rings. The zero-order valence-corrected chi connectivity index (χ0v) is 18.6. The molecular weight excluding hydrogens is 414 g/mol. The number of benzene rings is 3. The van der Waals surface area contributed by atoms with Gasteiger partial charge in [-0.05, 0) is 46.9 Å². The van der Waals surface area contributed by atoms with Gasteiger partial charge in [0.1, 0.15) is 6.10 Å². The first-order valence-corrected chi connectivity index (χ1v) is 11.5. The van der Waals surface area contributed by atoms with Crippen LogP contribution in [0, 0.1) is 18.3 Å². The largest absolute Gasteiger partial charge is 0.363 e. The van der Waals surface area contributed by atoms with Crippen molar-refractivity contribution in [3.05, 3.63) is 111 Å². The van der Waals surface area contributed by atoms with Crippen LogP contribution in [0.5, 0.6) is 0 Å². The van der Waals surface area contributed by atoms with Gasteiger partial charge in [0, 0.05) is 24.3 Å². The fourth-order valence-corrected chi connectivity index (χ4v) is 4.63. The summed E-state index contributed by atoms with van der Waals surface area (Å²) in [5, 5.41) is 13.0. The Labute approximate surface area is 192 Å². The van der Waals surface area contributed by atoms with Gasteiger partial charge in [0.05, 0.1) is 28.6 Å². The highest BCUT2D eigenvalue weighted by molar-refractivity contribution is 7.09. The summed E-state index contributed by atoms with van der Waals surface area (Å²) in [5.74, 6) is 0. The quantitative estimate of drug-likeness (QED) is 0.363. The monoisotopic (exact) mass is 437 g/mol. The molecule has 1 N–H and O–H groups in total. The zero-order valence-electron chi connectivity index (χ0n) is 17.8. The molecule has 32 heavy (non-hydrogen) atoms. The van der Waals surface area contributed by atoms with Crippen LogP contribution in [0.4, 0.5) is 0 Å². The molecule has 0 spiro atoms. The number of thiazole rings is 1. The Morgan fingerprint density at radius 1 is 1.12 bits per heavy atom. The van der Waals surface area contributed by atoms with E-state index < -0.39 is 0 Å². The highest BCUT2D eigenvalue weighted by Crippen LogP contribution is 2.35. The average molecular weight is 438 g/mol. The maximum atomic E-state index is 9.71. The number of hydrogen-bond donors (Lipinski definition) is 1. The third-order valence-corrected chi connectivity index (χ3v) is 6.64. The SMILES string of the molecule is Cc1ccccc1-c1cc(C(OCc2ccc(C3CN3)cc2)c2cncs2)ccc1C#N. The van der Waals surface area contributed by atoms with E-state index in [1.54, 1.807) is 11.3 Å². The second kappa shape index (κ2) is 9.05. The number of aryl methyl sites for hydroxylation is 1. The second-order valence-corrected chi connectivity index (χ2v) is 8.95. The normalized spacial score (nSPS) is 15.8. The Balaban J connectivity index is 1.46. The highest BCUT2D eigenvalue weighted by Gasteiger charge is 2.22. The third-order valence-electron chi connectivity index (χ3n) is 5.82. The molecule has 4 nitrogen and oxygen atoms in total. The van der Waals surface area contributed by atoms with E-state index in [2.05, 4.69) is 65.8 Å². The van der Waals surface area contributed by atoms with E-state index in [1.807, 2.05) is 36.0 Å². The van der Waals surface area contributed by atoms with Crippen molar-refractivity contribution < 1.29 is 4.74 Å². The van der Waals surface area contributed by atoms with Crippen molar-refractivity contribution in [1.29, 1.82) is 5.26 Å². The van der Waals surface area contributed by atoms with Crippen LogP contribution in [0.15, 0.2) is 78.4 Å². The number of aromatic nitrogens is 1. The van der Waals surface area contributed by atoms with E-state index >= 15 is 0 Å². The number of nitrogens with one attached hydrogen (secondary N) is 1. The molecule has 1 saturated heterocycles. The zero-order chi connectivity index (χ0) is 21.9. The standard InChI is InChI=1S/C27H23N3OS/c1-18-4-2-3-5-23(18)24-12-21(10-11-22(24)13-28)27(26-15-29-17-32-26)31-16-19-6-8-20(9-7-19)25-14-30-25/h2-12,15,17,25,27,30H,14,16H2,1H3. The van der Waals surface area contributed by atoms with Crippen LogP contribution in [0.2, 0.25) is 0 Å². The predicted octanol–water partition coefficient (Wildman–Crippen LogP) is 5.94. The van der Waals surface area contributed by atoms with Crippen molar-refractivity contribution in [2.24, 2.45) is 0 Å². The Hall–Kier alpha value is -3.30. The number of nitrogens with zero attached hydrogens (tertiary/aromatic N) is 2. The van der Waals surface area contributed by atoms with Crippen molar-refractivity contribution in [1.82, 2.24) is 10.3 Å². The van der Waals surface area contributed by atoms with E-state index in [0.717, 1.165) is 39.2 Å². The summed E-state index contributed by atoms with van der Waals surface area (Å²) in [6.07, 6.45) is 1.62. The molecule has 3 aromatic carbocycles. The molecule has 0 amide bonds. The van der Waals surface area contributed by atoms with Gasteiger partial charge in [-0.15, -0.1) is 11.3 Å². The van der Waals surface area contributed by atoms with E-state index in [-0.39, 0.29) is 6.10 Å². The van der Waals surface area contributed by atoms with E-state index in [9.17, 15) is 5.26 Å². The van der Waals surface area contributed by atoms with Crippen LogP contribution in [0.1, 0.15) is 44.8 Å². The molecule has 5 rings (SSSR count). The summed E-state index contributed by atoms with van der Waals surface area (Å²) in [7, 11) is 0. The molecule has 2 unspecified atom stereocenters. The van der Waals surface area contributed by atoms with Crippen LogP contribution in [0.3, 0.4) is 0 Å². The average Bonchev–Trinajstić information content (AvgIpc) is 3.54. The summed E-state index contributed by atoms with van der Waals surface area (Å²) in [5.41, 5.74) is 9.11. The number of rotatable bonds is 7. The summed E-state index contributed by atoms with van der Waals surface area (Å²) >= 11 is 1.58. The Morgan fingerprint density at radius 3 is 2.62 bits per heavy atom. The topological polar surface area (TPSA) is 67.8 Å². The van der Waals surface area contributed by atoms with Crippen molar-refractivity contribution in [3.63, 3.8) is 0 Å².